The summed E-state index contributed by atoms with van der Waals surface area (Å²) in [7, 11) is 0. The van der Waals surface area contributed by atoms with E-state index in [-0.39, 0.29) is 6.03 Å². The molecule has 2 aromatic rings. The third-order valence-electron chi connectivity index (χ3n) is 4.53. The Morgan fingerprint density at radius 1 is 1.16 bits per heavy atom. The van der Waals surface area contributed by atoms with Gasteiger partial charge in [-0.05, 0) is 35.6 Å². The number of unbranched alkanes of at least 4 members (excludes halogenated alkanes) is 1. The fraction of sp³-hybridized carbons (Fsp3) is 0.400. The van der Waals surface area contributed by atoms with Gasteiger partial charge >= 0.3 is 6.03 Å². The smallest absolute Gasteiger partial charge is 0.315 e. The molecule has 0 radical (unpaired) electrons. The Kier molecular flexibility index (Phi) is 5.88. The third-order valence-corrected chi connectivity index (χ3v) is 4.53. The minimum atomic E-state index is -0.120. The molecule has 0 aliphatic carbocycles. The maximum Gasteiger partial charge on any atom is 0.315 e. The van der Waals surface area contributed by atoms with Gasteiger partial charge in [-0.25, -0.2) is 9.78 Å². The van der Waals surface area contributed by atoms with Crippen molar-refractivity contribution in [3.8, 4) is 0 Å². The summed E-state index contributed by atoms with van der Waals surface area (Å²) >= 11 is 0. The maximum atomic E-state index is 11.7. The van der Waals surface area contributed by atoms with Crippen LogP contribution in [0, 0.1) is 0 Å². The number of carbonyl (C=O) groups is 1. The van der Waals surface area contributed by atoms with Crippen LogP contribution in [0.5, 0.6) is 0 Å². The Bertz CT molecular complexity index is 699. The van der Waals surface area contributed by atoms with E-state index in [1.807, 2.05) is 18.3 Å². The first-order valence-electron chi connectivity index (χ1n) is 9.04. The number of hydrogen-bond acceptors (Lipinski definition) is 3. The molecular weight excluding hydrogens is 312 g/mol. The Labute approximate surface area is 149 Å². The molecule has 5 heteroatoms. The lowest BCUT2D eigenvalue weighted by molar-refractivity contribution is 0.240. The van der Waals surface area contributed by atoms with Gasteiger partial charge in [-0.2, -0.15) is 0 Å². The van der Waals surface area contributed by atoms with Crippen molar-refractivity contribution < 1.29 is 4.79 Å². The fourth-order valence-electron chi connectivity index (χ4n) is 3.02. The van der Waals surface area contributed by atoms with Crippen LogP contribution >= 0.6 is 0 Å². The first-order chi connectivity index (χ1) is 12.3. The van der Waals surface area contributed by atoms with Crippen LogP contribution in [0.4, 0.5) is 10.6 Å². The van der Waals surface area contributed by atoms with Crippen molar-refractivity contribution in [2.75, 3.05) is 18.0 Å². The number of rotatable bonds is 6. The normalized spacial score (nSPS) is 13.2. The summed E-state index contributed by atoms with van der Waals surface area (Å²) in [5.74, 6) is 0.991. The average Bonchev–Trinajstić information content (AvgIpc) is 2.66. The molecule has 1 aliphatic rings. The zero-order valence-electron chi connectivity index (χ0n) is 14.8. The molecule has 0 fully saturated rings. The van der Waals surface area contributed by atoms with Gasteiger partial charge in [-0.15, -0.1) is 0 Å². The van der Waals surface area contributed by atoms with Crippen molar-refractivity contribution in [1.29, 1.82) is 0 Å². The van der Waals surface area contributed by atoms with Crippen LogP contribution in [-0.4, -0.2) is 24.1 Å². The molecule has 0 spiro atoms. The predicted molar refractivity (Wildman–Crippen MR) is 101 cm³/mol. The molecule has 1 aliphatic heterocycles. The van der Waals surface area contributed by atoms with Gasteiger partial charge in [0, 0.05) is 32.4 Å². The van der Waals surface area contributed by atoms with Gasteiger partial charge in [0.1, 0.15) is 5.82 Å². The summed E-state index contributed by atoms with van der Waals surface area (Å²) in [5, 5.41) is 5.71. The van der Waals surface area contributed by atoms with Gasteiger partial charge in [0.2, 0.25) is 0 Å². The number of aromatic nitrogens is 1. The largest absolute Gasteiger partial charge is 0.352 e. The summed E-state index contributed by atoms with van der Waals surface area (Å²) < 4.78 is 0. The first-order valence-corrected chi connectivity index (χ1v) is 9.04. The molecule has 0 saturated heterocycles. The minimum absolute atomic E-state index is 0.120. The maximum absolute atomic E-state index is 11.7. The topological polar surface area (TPSA) is 57.3 Å². The highest BCUT2D eigenvalue weighted by molar-refractivity contribution is 5.73. The van der Waals surface area contributed by atoms with E-state index in [1.165, 1.54) is 11.1 Å². The van der Waals surface area contributed by atoms with Crippen LogP contribution in [0.2, 0.25) is 0 Å². The molecule has 0 unspecified atom stereocenters. The van der Waals surface area contributed by atoms with Gasteiger partial charge in [-0.3, -0.25) is 0 Å². The molecule has 0 atom stereocenters. The highest BCUT2D eigenvalue weighted by Gasteiger charge is 2.16. The van der Waals surface area contributed by atoms with E-state index in [2.05, 4.69) is 51.7 Å². The molecular formula is C20H26N4O. The van der Waals surface area contributed by atoms with Gasteiger partial charge in [0.25, 0.3) is 0 Å². The van der Waals surface area contributed by atoms with E-state index in [4.69, 9.17) is 0 Å². The molecule has 2 heterocycles. The van der Waals surface area contributed by atoms with Gasteiger partial charge in [0.05, 0.1) is 0 Å². The summed E-state index contributed by atoms with van der Waals surface area (Å²) in [4.78, 5) is 18.6. The van der Waals surface area contributed by atoms with Crippen molar-refractivity contribution >= 4 is 11.8 Å². The second-order valence-corrected chi connectivity index (χ2v) is 6.43. The summed E-state index contributed by atoms with van der Waals surface area (Å²) in [6, 6.07) is 12.6. The summed E-state index contributed by atoms with van der Waals surface area (Å²) in [6.07, 6.45) is 4.98. The molecule has 2 N–H and O–H groups in total. The Morgan fingerprint density at radius 2 is 2.00 bits per heavy atom. The number of nitrogens with one attached hydrogen (secondary N) is 2. The third kappa shape index (κ3) is 4.72. The van der Waals surface area contributed by atoms with Crippen LogP contribution in [0.3, 0.4) is 0 Å². The van der Waals surface area contributed by atoms with Gasteiger partial charge < -0.3 is 15.5 Å². The lowest BCUT2D eigenvalue weighted by Crippen LogP contribution is -2.35. The lowest BCUT2D eigenvalue weighted by atomic mass is 10.00. The molecule has 2 amide bonds. The molecule has 5 nitrogen and oxygen atoms in total. The van der Waals surface area contributed by atoms with Crippen molar-refractivity contribution in [1.82, 2.24) is 15.6 Å². The summed E-state index contributed by atoms with van der Waals surface area (Å²) in [6.45, 7) is 5.21. The van der Waals surface area contributed by atoms with E-state index < -0.39 is 0 Å². The zero-order chi connectivity index (χ0) is 17.5. The van der Waals surface area contributed by atoms with E-state index in [1.54, 1.807) is 0 Å². The Balaban J connectivity index is 1.52. The predicted octanol–water partition coefficient (Wildman–Crippen LogP) is 3.24. The first kappa shape index (κ1) is 17.3. The van der Waals surface area contributed by atoms with Crippen LogP contribution < -0.4 is 15.5 Å². The molecule has 0 bridgehead atoms. The van der Waals surface area contributed by atoms with Crippen molar-refractivity contribution in [2.24, 2.45) is 0 Å². The molecule has 132 valence electrons. The fourth-order valence-corrected chi connectivity index (χ4v) is 3.02. The number of pyridine rings is 1. The minimum Gasteiger partial charge on any atom is -0.352 e. The van der Waals surface area contributed by atoms with E-state index in [0.717, 1.165) is 50.3 Å². The molecule has 1 aromatic carbocycles. The van der Waals surface area contributed by atoms with E-state index in [0.29, 0.717) is 6.54 Å². The number of anilines is 1. The van der Waals surface area contributed by atoms with E-state index in [9.17, 15) is 4.79 Å². The molecule has 25 heavy (non-hydrogen) atoms. The van der Waals surface area contributed by atoms with Crippen LogP contribution in [0.25, 0.3) is 0 Å². The highest BCUT2D eigenvalue weighted by Crippen LogP contribution is 2.22. The van der Waals surface area contributed by atoms with E-state index >= 15 is 0 Å². The standard InChI is InChI=1S/C20H26N4O/c1-2-3-11-21-20(25)23-14-16-8-9-19(22-13-16)24-12-10-17-6-4-5-7-18(17)15-24/h4-9,13H,2-3,10-12,14-15H2,1H3,(H2,21,23,25). The Hall–Kier alpha value is -2.56. The monoisotopic (exact) mass is 338 g/mol. The van der Waals surface area contributed by atoms with Crippen molar-refractivity contribution in [3.63, 3.8) is 0 Å². The van der Waals surface area contributed by atoms with Crippen LogP contribution in [0.1, 0.15) is 36.5 Å². The zero-order valence-corrected chi connectivity index (χ0v) is 14.8. The molecule has 0 saturated carbocycles. The Morgan fingerprint density at radius 3 is 2.76 bits per heavy atom. The second-order valence-electron chi connectivity index (χ2n) is 6.43. The second kappa shape index (κ2) is 8.51. The van der Waals surface area contributed by atoms with Gasteiger partial charge in [-0.1, -0.05) is 43.7 Å². The molecule has 3 rings (SSSR count). The summed E-state index contributed by atoms with van der Waals surface area (Å²) in [5.41, 5.74) is 3.82. The van der Waals surface area contributed by atoms with Crippen LogP contribution in [-0.2, 0) is 19.5 Å². The molecule has 1 aromatic heterocycles. The number of hydrogen-bond donors (Lipinski definition) is 2. The van der Waals surface area contributed by atoms with Gasteiger partial charge in [0.15, 0.2) is 0 Å². The number of nitrogens with zero attached hydrogens (tertiary/aromatic N) is 2. The van der Waals surface area contributed by atoms with Crippen molar-refractivity contribution in [2.45, 2.75) is 39.3 Å². The number of fused-ring (bicyclic) bond motifs is 1. The average molecular weight is 338 g/mol. The number of carbonyl (C=O) groups excluding carboxylic acids is 1. The quantitative estimate of drug-likeness (QED) is 0.795. The highest BCUT2D eigenvalue weighted by atomic mass is 16.2. The number of benzene rings is 1. The lowest BCUT2D eigenvalue weighted by Gasteiger charge is -2.29. The number of urea groups is 1. The van der Waals surface area contributed by atoms with Crippen LogP contribution in [0.15, 0.2) is 42.6 Å². The number of amides is 2. The van der Waals surface area contributed by atoms with Crippen molar-refractivity contribution in [3.05, 3.63) is 59.3 Å². The SMILES string of the molecule is CCCCNC(=O)NCc1ccc(N2CCc3ccccc3C2)nc1.